The predicted octanol–water partition coefficient (Wildman–Crippen LogP) is 4.98. The molecule has 6 heteroatoms. The van der Waals surface area contributed by atoms with Gasteiger partial charge in [-0.3, -0.25) is 9.36 Å². The maximum absolute atomic E-state index is 12.3. The molecule has 2 aromatic heterocycles. The number of hydrogen-bond acceptors (Lipinski definition) is 2. The van der Waals surface area contributed by atoms with Crippen LogP contribution in [-0.4, -0.2) is 20.4 Å². The van der Waals surface area contributed by atoms with Crippen molar-refractivity contribution in [2.24, 2.45) is 0 Å². The number of carbonyl (C=O) groups excluding carboxylic acids is 1. The van der Waals surface area contributed by atoms with Gasteiger partial charge in [0.05, 0.1) is 0 Å². The van der Waals surface area contributed by atoms with Crippen molar-refractivity contribution >= 4 is 34.7 Å². The molecule has 4 rings (SSSR count). The zero-order chi connectivity index (χ0) is 18.6. The van der Waals surface area contributed by atoms with E-state index in [1.807, 2.05) is 53.4 Å². The Kier molecular flexibility index (Phi) is 4.89. The molecule has 0 aliphatic heterocycles. The summed E-state index contributed by atoms with van der Waals surface area (Å²) in [5, 5.41) is 4.21. The minimum Gasteiger partial charge on any atom is -0.361 e. The van der Waals surface area contributed by atoms with Crippen LogP contribution in [0.2, 0.25) is 0 Å². The first-order valence-electron chi connectivity index (χ1n) is 8.92. The predicted molar refractivity (Wildman–Crippen MR) is 111 cm³/mol. The number of hydrogen-bond donors (Lipinski definition) is 3. The van der Waals surface area contributed by atoms with Crippen LogP contribution in [0.4, 0.5) is 5.69 Å². The van der Waals surface area contributed by atoms with E-state index >= 15 is 0 Å². The smallest absolute Gasteiger partial charge is 0.224 e. The zero-order valence-corrected chi connectivity index (χ0v) is 15.6. The molecule has 5 nitrogen and oxygen atoms in total. The molecule has 136 valence electrons. The standard InChI is InChI=1S/C21H20N4OS/c26-20(10-3-5-15-14-23-19-9-2-1-8-18(15)19)24-16-6-4-7-17(13-16)25-12-11-22-21(25)27/h1-2,4,6-9,11-14,23H,3,5,10H2,(H,22,27)(H,24,26). The third-order valence-electron chi connectivity index (χ3n) is 4.58. The quantitative estimate of drug-likeness (QED) is 0.416. The summed E-state index contributed by atoms with van der Waals surface area (Å²) in [5.74, 6) is 0.0182. The first-order valence-corrected chi connectivity index (χ1v) is 9.33. The number of fused-ring (bicyclic) bond motifs is 1. The van der Waals surface area contributed by atoms with Gasteiger partial charge in [0.15, 0.2) is 4.77 Å². The molecule has 2 heterocycles. The van der Waals surface area contributed by atoms with Crippen molar-refractivity contribution in [1.82, 2.24) is 14.5 Å². The second-order valence-electron chi connectivity index (χ2n) is 6.45. The Morgan fingerprint density at radius 2 is 2.00 bits per heavy atom. The number of aromatic amines is 2. The van der Waals surface area contributed by atoms with Crippen LogP contribution in [0.25, 0.3) is 16.6 Å². The van der Waals surface area contributed by atoms with E-state index in [-0.39, 0.29) is 5.91 Å². The summed E-state index contributed by atoms with van der Waals surface area (Å²) in [7, 11) is 0. The molecular weight excluding hydrogens is 356 g/mol. The normalized spacial score (nSPS) is 11.0. The number of benzene rings is 2. The summed E-state index contributed by atoms with van der Waals surface area (Å²) >= 11 is 5.25. The molecule has 4 aromatic rings. The summed E-state index contributed by atoms with van der Waals surface area (Å²) in [6.07, 6.45) is 7.84. The van der Waals surface area contributed by atoms with Crippen LogP contribution in [0, 0.1) is 4.77 Å². The van der Waals surface area contributed by atoms with E-state index in [2.05, 4.69) is 27.4 Å². The van der Waals surface area contributed by atoms with E-state index in [1.54, 1.807) is 6.20 Å². The van der Waals surface area contributed by atoms with Crippen LogP contribution in [0.3, 0.4) is 0 Å². The van der Waals surface area contributed by atoms with E-state index in [9.17, 15) is 4.79 Å². The van der Waals surface area contributed by atoms with Crippen molar-refractivity contribution in [1.29, 1.82) is 0 Å². The lowest BCUT2D eigenvalue weighted by atomic mass is 10.1. The van der Waals surface area contributed by atoms with E-state index in [0.717, 1.165) is 29.7 Å². The van der Waals surface area contributed by atoms with Crippen molar-refractivity contribution in [2.75, 3.05) is 5.32 Å². The van der Waals surface area contributed by atoms with Crippen molar-refractivity contribution in [3.05, 3.63) is 77.5 Å². The monoisotopic (exact) mass is 376 g/mol. The lowest BCUT2D eigenvalue weighted by Crippen LogP contribution is -2.11. The number of para-hydroxylation sites is 1. The molecule has 3 N–H and O–H groups in total. The number of amides is 1. The Balaban J connectivity index is 1.36. The van der Waals surface area contributed by atoms with Gasteiger partial charge in [-0.15, -0.1) is 0 Å². The summed E-state index contributed by atoms with van der Waals surface area (Å²) < 4.78 is 2.49. The van der Waals surface area contributed by atoms with Crippen LogP contribution in [0.1, 0.15) is 18.4 Å². The number of aryl methyl sites for hydroxylation is 1. The maximum atomic E-state index is 12.3. The van der Waals surface area contributed by atoms with Gasteiger partial charge in [0.25, 0.3) is 0 Å². The topological polar surface area (TPSA) is 65.6 Å². The van der Waals surface area contributed by atoms with Gasteiger partial charge in [-0.25, -0.2) is 0 Å². The third kappa shape index (κ3) is 3.85. The largest absolute Gasteiger partial charge is 0.361 e. The highest BCUT2D eigenvalue weighted by Crippen LogP contribution is 2.20. The minimum absolute atomic E-state index is 0.0182. The molecule has 0 atom stereocenters. The summed E-state index contributed by atoms with van der Waals surface area (Å²) in [6.45, 7) is 0. The number of anilines is 1. The van der Waals surface area contributed by atoms with Gasteiger partial charge in [-0.1, -0.05) is 24.3 Å². The molecule has 0 spiro atoms. The molecule has 0 fully saturated rings. The van der Waals surface area contributed by atoms with Gasteiger partial charge in [-0.2, -0.15) is 0 Å². The zero-order valence-electron chi connectivity index (χ0n) is 14.7. The highest BCUT2D eigenvalue weighted by Gasteiger charge is 2.07. The van der Waals surface area contributed by atoms with Gasteiger partial charge in [0, 0.05) is 47.3 Å². The highest BCUT2D eigenvalue weighted by atomic mass is 32.1. The average molecular weight is 376 g/mol. The summed E-state index contributed by atoms with van der Waals surface area (Å²) in [6, 6.07) is 15.9. The van der Waals surface area contributed by atoms with E-state index in [4.69, 9.17) is 12.2 Å². The molecule has 0 unspecified atom stereocenters. The second kappa shape index (κ2) is 7.63. The molecule has 1 amide bonds. The molecule has 0 saturated heterocycles. The lowest BCUT2D eigenvalue weighted by molar-refractivity contribution is -0.116. The fraction of sp³-hybridized carbons (Fsp3) is 0.143. The number of H-pyrrole nitrogens is 2. The van der Waals surface area contributed by atoms with E-state index < -0.39 is 0 Å². The van der Waals surface area contributed by atoms with Crippen LogP contribution >= 0.6 is 12.2 Å². The fourth-order valence-corrected chi connectivity index (χ4v) is 3.49. The van der Waals surface area contributed by atoms with E-state index in [1.165, 1.54) is 10.9 Å². The Bertz CT molecular complexity index is 1140. The number of carbonyl (C=O) groups is 1. The van der Waals surface area contributed by atoms with E-state index in [0.29, 0.717) is 11.2 Å². The number of rotatable bonds is 6. The Morgan fingerprint density at radius 3 is 2.85 bits per heavy atom. The molecule has 0 radical (unpaired) electrons. The van der Waals surface area contributed by atoms with Crippen molar-refractivity contribution in [2.45, 2.75) is 19.3 Å². The number of imidazole rings is 1. The first kappa shape index (κ1) is 17.3. The van der Waals surface area contributed by atoms with Gasteiger partial charge < -0.3 is 15.3 Å². The van der Waals surface area contributed by atoms with Crippen LogP contribution in [0.5, 0.6) is 0 Å². The summed E-state index contributed by atoms with van der Waals surface area (Å²) in [4.78, 5) is 18.6. The Hall–Kier alpha value is -3.12. The van der Waals surface area contributed by atoms with Crippen molar-refractivity contribution in [3.8, 4) is 5.69 Å². The fourth-order valence-electron chi connectivity index (χ4n) is 3.26. The molecule has 0 aliphatic rings. The molecule has 2 aromatic carbocycles. The van der Waals surface area contributed by atoms with Crippen molar-refractivity contribution < 1.29 is 4.79 Å². The Morgan fingerprint density at radius 1 is 1.11 bits per heavy atom. The van der Waals surface area contributed by atoms with Crippen molar-refractivity contribution in [3.63, 3.8) is 0 Å². The molecular formula is C21H20N4OS. The Labute approximate surface area is 162 Å². The number of nitrogens with one attached hydrogen (secondary N) is 3. The van der Waals surface area contributed by atoms with Gasteiger partial charge in [0.1, 0.15) is 0 Å². The molecule has 0 saturated carbocycles. The third-order valence-corrected chi connectivity index (χ3v) is 4.90. The van der Waals surface area contributed by atoms with Crippen LogP contribution in [-0.2, 0) is 11.2 Å². The summed E-state index contributed by atoms with van der Waals surface area (Å²) in [5.41, 5.74) is 4.07. The number of nitrogens with zero attached hydrogens (tertiary/aromatic N) is 1. The van der Waals surface area contributed by atoms with Crippen LogP contribution < -0.4 is 5.32 Å². The number of aromatic nitrogens is 3. The SMILES string of the molecule is O=C(CCCc1c[nH]c2ccccc12)Nc1cccc(-n2cc[nH]c2=S)c1. The average Bonchev–Trinajstić information content (AvgIpc) is 3.28. The van der Waals surface area contributed by atoms with Gasteiger partial charge in [0.2, 0.25) is 5.91 Å². The van der Waals surface area contributed by atoms with Crippen LogP contribution in [0.15, 0.2) is 67.1 Å². The molecule has 0 bridgehead atoms. The second-order valence-corrected chi connectivity index (χ2v) is 6.83. The maximum Gasteiger partial charge on any atom is 0.224 e. The first-order chi connectivity index (χ1) is 13.2. The molecule has 0 aliphatic carbocycles. The van der Waals surface area contributed by atoms with Gasteiger partial charge >= 0.3 is 0 Å². The van der Waals surface area contributed by atoms with Gasteiger partial charge in [-0.05, 0) is 54.9 Å². The lowest BCUT2D eigenvalue weighted by Gasteiger charge is -2.08. The highest BCUT2D eigenvalue weighted by molar-refractivity contribution is 7.71. The molecule has 27 heavy (non-hydrogen) atoms. The minimum atomic E-state index is 0.0182.